The third kappa shape index (κ3) is 3.46. The summed E-state index contributed by atoms with van der Waals surface area (Å²) in [4.78, 5) is 25.5. The van der Waals surface area contributed by atoms with E-state index >= 15 is 0 Å². The predicted octanol–water partition coefficient (Wildman–Crippen LogP) is 3.56. The van der Waals surface area contributed by atoms with Gasteiger partial charge in [-0.05, 0) is 37.1 Å². The molecular weight excluding hydrogens is 352 g/mol. The van der Waals surface area contributed by atoms with E-state index in [1.165, 1.54) is 0 Å². The number of hydrogen-bond acceptors (Lipinski definition) is 5. The SMILES string of the molecule is CCc1nc2nc(-c3ccc(NC(=O)c4ccccn4)cc3)cn2nc1CC. The fraction of sp³-hybridized carbons (Fsp3) is 0.190. The van der Waals surface area contributed by atoms with Crippen molar-refractivity contribution in [2.75, 3.05) is 5.32 Å². The molecule has 140 valence electrons. The highest BCUT2D eigenvalue weighted by Gasteiger charge is 2.11. The molecule has 0 spiro atoms. The molecule has 4 aromatic rings. The molecule has 1 N–H and O–H groups in total. The van der Waals surface area contributed by atoms with Crippen molar-refractivity contribution in [1.82, 2.24) is 24.6 Å². The van der Waals surface area contributed by atoms with Crippen molar-refractivity contribution in [3.8, 4) is 11.3 Å². The summed E-state index contributed by atoms with van der Waals surface area (Å²) in [6, 6.07) is 12.7. The first-order valence-electron chi connectivity index (χ1n) is 9.26. The highest BCUT2D eigenvalue weighted by Crippen LogP contribution is 2.21. The molecule has 0 fully saturated rings. The molecule has 0 aliphatic rings. The Kier molecular flexibility index (Phi) is 4.80. The van der Waals surface area contributed by atoms with Crippen LogP contribution in [-0.2, 0) is 12.8 Å². The molecule has 0 bridgehead atoms. The average molecular weight is 372 g/mol. The zero-order chi connectivity index (χ0) is 19.5. The van der Waals surface area contributed by atoms with Gasteiger partial charge >= 0.3 is 0 Å². The minimum atomic E-state index is -0.242. The van der Waals surface area contributed by atoms with Crippen LogP contribution in [0.1, 0.15) is 35.7 Å². The summed E-state index contributed by atoms with van der Waals surface area (Å²) >= 11 is 0. The van der Waals surface area contributed by atoms with E-state index in [1.807, 2.05) is 30.5 Å². The van der Waals surface area contributed by atoms with Gasteiger partial charge in [0.05, 0.1) is 23.3 Å². The number of carbonyl (C=O) groups excluding carboxylic acids is 1. The highest BCUT2D eigenvalue weighted by molar-refractivity contribution is 6.02. The molecule has 0 radical (unpaired) electrons. The summed E-state index contributed by atoms with van der Waals surface area (Å²) in [6.07, 6.45) is 5.14. The van der Waals surface area contributed by atoms with E-state index in [0.717, 1.165) is 35.5 Å². The Morgan fingerprint density at radius 2 is 1.79 bits per heavy atom. The van der Waals surface area contributed by atoms with Crippen LogP contribution >= 0.6 is 0 Å². The van der Waals surface area contributed by atoms with E-state index in [-0.39, 0.29) is 5.91 Å². The lowest BCUT2D eigenvalue weighted by atomic mass is 10.1. The number of fused-ring (bicyclic) bond motifs is 1. The monoisotopic (exact) mass is 372 g/mol. The van der Waals surface area contributed by atoms with Crippen LogP contribution in [0, 0.1) is 0 Å². The minimum Gasteiger partial charge on any atom is -0.321 e. The smallest absolute Gasteiger partial charge is 0.274 e. The molecule has 28 heavy (non-hydrogen) atoms. The van der Waals surface area contributed by atoms with Gasteiger partial charge in [-0.25, -0.2) is 14.5 Å². The number of anilines is 1. The maximum Gasteiger partial charge on any atom is 0.274 e. The third-order valence-corrected chi connectivity index (χ3v) is 4.47. The Bertz CT molecular complexity index is 1080. The number of nitrogens with one attached hydrogen (secondary N) is 1. The van der Waals surface area contributed by atoms with Crippen LogP contribution in [0.3, 0.4) is 0 Å². The molecule has 0 aliphatic carbocycles. The molecule has 4 rings (SSSR count). The first kappa shape index (κ1) is 17.8. The van der Waals surface area contributed by atoms with E-state index in [4.69, 9.17) is 0 Å². The first-order valence-corrected chi connectivity index (χ1v) is 9.26. The van der Waals surface area contributed by atoms with Crippen LogP contribution in [0.2, 0.25) is 0 Å². The number of amides is 1. The van der Waals surface area contributed by atoms with Crippen LogP contribution < -0.4 is 5.32 Å². The maximum atomic E-state index is 12.2. The summed E-state index contributed by atoms with van der Waals surface area (Å²) < 4.78 is 1.73. The van der Waals surface area contributed by atoms with Gasteiger partial charge in [-0.2, -0.15) is 5.10 Å². The van der Waals surface area contributed by atoms with E-state index in [2.05, 4.69) is 39.2 Å². The molecule has 1 aromatic carbocycles. The second kappa shape index (κ2) is 7.56. The van der Waals surface area contributed by atoms with Crippen molar-refractivity contribution >= 4 is 17.4 Å². The number of nitrogens with zero attached hydrogens (tertiary/aromatic N) is 5. The summed E-state index contributed by atoms with van der Waals surface area (Å²) in [6.45, 7) is 4.15. The number of aromatic nitrogens is 5. The fourth-order valence-electron chi connectivity index (χ4n) is 3.00. The number of benzene rings is 1. The molecule has 0 atom stereocenters. The topological polar surface area (TPSA) is 85.1 Å². The largest absolute Gasteiger partial charge is 0.321 e. The van der Waals surface area contributed by atoms with Gasteiger partial charge in [-0.1, -0.05) is 32.0 Å². The summed E-state index contributed by atoms with van der Waals surface area (Å²) in [7, 11) is 0. The lowest BCUT2D eigenvalue weighted by molar-refractivity contribution is 0.102. The molecule has 7 nitrogen and oxygen atoms in total. The van der Waals surface area contributed by atoms with Gasteiger partial charge in [-0.15, -0.1) is 0 Å². The molecule has 3 aromatic heterocycles. The van der Waals surface area contributed by atoms with Crippen LogP contribution in [0.15, 0.2) is 54.9 Å². The number of rotatable bonds is 5. The van der Waals surface area contributed by atoms with Gasteiger partial charge in [0.2, 0.25) is 0 Å². The van der Waals surface area contributed by atoms with Crippen molar-refractivity contribution in [2.45, 2.75) is 26.7 Å². The zero-order valence-corrected chi connectivity index (χ0v) is 15.8. The maximum absolute atomic E-state index is 12.2. The number of hydrogen-bond donors (Lipinski definition) is 1. The van der Waals surface area contributed by atoms with E-state index < -0.39 is 0 Å². The van der Waals surface area contributed by atoms with Crippen LogP contribution in [0.4, 0.5) is 5.69 Å². The number of aryl methyl sites for hydroxylation is 2. The summed E-state index contributed by atoms with van der Waals surface area (Å²) in [5.41, 5.74) is 4.77. The Balaban J connectivity index is 1.57. The van der Waals surface area contributed by atoms with Gasteiger partial charge in [0.1, 0.15) is 5.69 Å². The zero-order valence-electron chi connectivity index (χ0n) is 15.8. The van der Waals surface area contributed by atoms with E-state index in [1.54, 1.807) is 28.9 Å². The molecular formula is C21H20N6O. The van der Waals surface area contributed by atoms with Gasteiger partial charge < -0.3 is 5.32 Å². The molecule has 3 heterocycles. The second-order valence-electron chi connectivity index (χ2n) is 6.33. The molecule has 1 amide bonds. The van der Waals surface area contributed by atoms with Gasteiger partial charge in [0.15, 0.2) is 0 Å². The quantitative estimate of drug-likeness (QED) is 0.579. The second-order valence-corrected chi connectivity index (χ2v) is 6.33. The predicted molar refractivity (Wildman–Crippen MR) is 107 cm³/mol. The number of imidazole rings is 1. The molecule has 0 saturated carbocycles. The standard InChI is InChI=1S/C21H20N6O/c1-3-16-17(4-2)26-27-13-19(25-21(27)24-16)14-8-10-15(11-9-14)23-20(28)18-7-5-6-12-22-18/h5-13H,3-4H2,1-2H3,(H,23,28). The van der Waals surface area contributed by atoms with Crippen molar-refractivity contribution in [3.05, 3.63) is 71.9 Å². The third-order valence-electron chi connectivity index (χ3n) is 4.47. The molecule has 0 saturated heterocycles. The van der Waals surface area contributed by atoms with Gasteiger partial charge in [0, 0.05) is 17.4 Å². The van der Waals surface area contributed by atoms with E-state index in [9.17, 15) is 4.79 Å². The summed E-state index contributed by atoms with van der Waals surface area (Å²) in [5.74, 6) is 0.352. The lowest BCUT2D eigenvalue weighted by Gasteiger charge is -2.05. The van der Waals surface area contributed by atoms with Crippen LogP contribution in [0.5, 0.6) is 0 Å². The van der Waals surface area contributed by atoms with Crippen molar-refractivity contribution in [1.29, 1.82) is 0 Å². The lowest BCUT2D eigenvalue weighted by Crippen LogP contribution is -2.13. The Morgan fingerprint density at radius 3 is 2.46 bits per heavy atom. The molecule has 7 heteroatoms. The number of carbonyl (C=O) groups is 1. The van der Waals surface area contributed by atoms with E-state index in [0.29, 0.717) is 17.2 Å². The Hall–Kier alpha value is -3.61. The van der Waals surface area contributed by atoms with Gasteiger partial charge in [-0.3, -0.25) is 9.78 Å². The Labute approximate surface area is 162 Å². The normalized spacial score (nSPS) is 10.9. The fourth-order valence-corrected chi connectivity index (χ4v) is 3.00. The first-order chi connectivity index (χ1) is 13.7. The summed E-state index contributed by atoms with van der Waals surface area (Å²) in [5, 5.41) is 7.47. The highest BCUT2D eigenvalue weighted by atomic mass is 16.1. The Morgan fingerprint density at radius 1 is 1.00 bits per heavy atom. The minimum absolute atomic E-state index is 0.242. The van der Waals surface area contributed by atoms with Crippen LogP contribution in [-0.4, -0.2) is 30.5 Å². The average Bonchev–Trinajstić information content (AvgIpc) is 3.16. The van der Waals surface area contributed by atoms with Gasteiger partial charge in [0.25, 0.3) is 11.7 Å². The van der Waals surface area contributed by atoms with Crippen molar-refractivity contribution in [2.24, 2.45) is 0 Å². The van der Waals surface area contributed by atoms with Crippen LogP contribution in [0.25, 0.3) is 17.0 Å². The van der Waals surface area contributed by atoms with Crippen molar-refractivity contribution < 1.29 is 4.79 Å². The molecule has 0 aliphatic heterocycles. The molecule has 0 unspecified atom stereocenters. The van der Waals surface area contributed by atoms with Crippen molar-refractivity contribution in [3.63, 3.8) is 0 Å². The number of pyridine rings is 1.